The van der Waals surface area contributed by atoms with Crippen molar-refractivity contribution in [1.29, 1.82) is 0 Å². The molecule has 6 heteroatoms. The first kappa shape index (κ1) is 22.5. The van der Waals surface area contributed by atoms with Crippen LogP contribution in [0.3, 0.4) is 0 Å². The Kier molecular flexibility index (Phi) is 12.6. The van der Waals surface area contributed by atoms with Crippen LogP contribution in [0.15, 0.2) is 18.2 Å². The molecule has 0 aromatic heterocycles. The van der Waals surface area contributed by atoms with Crippen molar-refractivity contribution in [1.82, 2.24) is 5.48 Å². The van der Waals surface area contributed by atoms with Crippen molar-refractivity contribution in [3.8, 4) is 0 Å². The van der Waals surface area contributed by atoms with Crippen LogP contribution in [0.1, 0.15) is 81.5 Å². The Hall–Kier alpha value is -1.59. The minimum atomic E-state index is -0.420. The molecule has 0 aliphatic rings. The van der Waals surface area contributed by atoms with Gasteiger partial charge in [0.1, 0.15) is 0 Å². The number of nitrogens with one attached hydrogen (secondary N) is 2. The predicted octanol–water partition coefficient (Wildman–Crippen LogP) is 5.49. The summed E-state index contributed by atoms with van der Waals surface area (Å²) in [6.07, 6.45) is 13.0. The number of carbonyl (C=O) groups excluding carboxylic acids is 2. The molecule has 0 bridgehead atoms. The van der Waals surface area contributed by atoms with Crippen molar-refractivity contribution < 1.29 is 14.4 Å². The smallest absolute Gasteiger partial charge is 0.276 e. The molecule has 5 nitrogen and oxygen atoms in total. The molecule has 1 rings (SSSR count). The second-order valence-electron chi connectivity index (χ2n) is 6.39. The van der Waals surface area contributed by atoms with E-state index in [0.29, 0.717) is 18.7 Å². The molecule has 26 heavy (non-hydrogen) atoms. The Bertz CT molecular complexity index is 538. The summed E-state index contributed by atoms with van der Waals surface area (Å²) in [7, 11) is 0. The molecular weight excluding hydrogens is 352 g/mol. The number of anilines is 1. The van der Waals surface area contributed by atoms with E-state index in [9.17, 15) is 9.59 Å². The quantitative estimate of drug-likeness (QED) is 0.239. The average molecular weight is 383 g/mol. The Morgan fingerprint density at radius 3 is 2.27 bits per heavy atom. The van der Waals surface area contributed by atoms with Crippen molar-refractivity contribution in [2.75, 3.05) is 11.9 Å². The van der Waals surface area contributed by atoms with E-state index in [4.69, 9.17) is 16.4 Å². The van der Waals surface area contributed by atoms with Gasteiger partial charge in [-0.3, -0.25) is 14.4 Å². The topological polar surface area (TPSA) is 67.4 Å². The first-order valence-electron chi connectivity index (χ1n) is 9.61. The van der Waals surface area contributed by atoms with E-state index in [0.717, 1.165) is 12.8 Å². The van der Waals surface area contributed by atoms with Gasteiger partial charge in [-0.1, -0.05) is 82.4 Å². The monoisotopic (exact) mass is 382 g/mol. The van der Waals surface area contributed by atoms with Crippen LogP contribution >= 0.6 is 11.6 Å². The van der Waals surface area contributed by atoms with Crippen molar-refractivity contribution in [3.05, 3.63) is 28.8 Å². The molecule has 2 amide bonds. The molecule has 0 radical (unpaired) electrons. The lowest BCUT2D eigenvalue weighted by Gasteiger charge is -2.09. The molecule has 0 aliphatic heterocycles. The Morgan fingerprint density at radius 1 is 1.04 bits per heavy atom. The second kappa shape index (κ2) is 14.6. The van der Waals surface area contributed by atoms with Crippen molar-refractivity contribution >= 4 is 29.6 Å². The minimum absolute atomic E-state index is 0.194. The summed E-state index contributed by atoms with van der Waals surface area (Å²) in [5, 5.41) is 2.65. The van der Waals surface area contributed by atoms with Crippen LogP contribution < -0.4 is 10.8 Å². The molecule has 0 fully saturated rings. The van der Waals surface area contributed by atoms with Gasteiger partial charge < -0.3 is 5.32 Å². The number of hydrogen-bond donors (Lipinski definition) is 2. The first-order valence-corrected chi connectivity index (χ1v) is 9.99. The zero-order chi connectivity index (χ0) is 19.0. The maximum Gasteiger partial charge on any atom is 0.276 e. The molecular formula is C20H31ClN2O3. The number of unbranched alkanes of at least 4 members (excludes halogenated alkanes) is 9. The molecule has 0 atom stereocenters. The average Bonchev–Trinajstić information content (AvgIpc) is 2.64. The van der Waals surface area contributed by atoms with E-state index in [2.05, 4.69) is 17.7 Å². The van der Waals surface area contributed by atoms with Crippen LogP contribution in [0.4, 0.5) is 5.69 Å². The lowest BCUT2D eigenvalue weighted by Crippen LogP contribution is -2.24. The number of hydroxylamine groups is 1. The Balaban J connectivity index is 2.09. The van der Waals surface area contributed by atoms with E-state index in [1.54, 1.807) is 18.2 Å². The zero-order valence-corrected chi connectivity index (χ0v) is 16.4. The fraction of sp³-hybridized carbons (Fsp3) is 0.600. The second-order valence-corrected chi connectivity index (χ2v) is 6.77. The fourth-order valence-electron chi connectivity index (χ4n) is 2.72. The van der Waals surface area contributed by atoms with Gasteiger partial charge in [0.05, 0.1) is 22.9 Å². The number of rotatable bonds is 15. The lowest BCUT2D eigenvalue weighted by atomic mass is 10.1. The van der Waals surface area contributed by atoms with Gasteiger partial charge in [-0.25, -0.2) is 5.48 Å². The van der Waals surface area contributed by atoms with E-state index in [1.807, 2.05) is 0 Å². The summed E-state index contributed by atoms with van der Waals surface area (Å²) in [4.78, 5) is 27.8. The highest BCUT2D eigenvalue weighted by Crippen LogP contribution is 2.25. The number of amides is 2. The number of benzene rings is 1. The number of hydrogen-bond acceptors (Lipinski definition) is 3. The van der Waals surface area contributed by atoms with E-state index in [1.165, 1.54) is 51.4 Å². The molecule has 2 N–H and O–H groups in total. The van der Waals surface area contributed by atoms with Crippen LogP contribution in [0, 0.1) is 0 Å². The van der Waals surface area contributed by atoms with E-state index in [-0.39, 0.29) is 10.6 Å². The largest absolute Gasteiger partial charge is 0.327 e. The summed E-state index contributed by atoms with van der Waals surface area (Å²) in [6.45, 7) is 2.72. The summed E-state index contributed by atoms with van der Waals surface area (Å²) in [6, 6.07) is 4.85. The zero-order valence-electron chi connectivity index (χ0n) is 15.7. The number of halogens is 1. The van der Waals surface area contributed by atoms with Gasteiger partial charge in [-0.05, 0) is 18.6 Å². The molecule has 146 valence electrons. The highest BCUT2D eigenvalue weighted by molar-refractivity contribution is 6.36. The Morgan fingerprint density at radius 2 is 1.65 bits per heavy atom. The van der Waals surface area contributed by atoms with Crippen LogP contribution in [0.5, 0.6) is 0 Å². The lowest BCUT2D eigenvalue weighted by molar-refractivity contribution is -0.105. The molecule has 0 spiro atoms. The summed E-state index contributed by atoms with van der Waals surface area (Å²) >= 11 is 6.10. The maximum atomic E-state index is 12.1. The number of carbonyl (C=O) groups is 2. The van der Waals surface area contributed by atoms with Crippen LogP contribution in [0.2, 0.25) is 5.02 Å². The molecule has 1 aromatic rings. The predicted molar refractivity (Wildman–Crippen MR) is 106 cm³/mol. The third-order valence-corrected chi connectivity index (χ3v) is 4.63. The van der Waals surface area contributed by atoms with Crippen LogP contribution in [-0.4, -0.2) is 18.9 Å². The first-order chi connectivity index (χ1) is 12.7. The van der Waals surface area contributed by atoms with Crippen molar-refractivity contribution in [2.45, 2.75) is 71.1 Å². The van der Waals surface area contributed by atoms with Gasteiger partial charge in [0.2, 0.25) is 6.41 Å². The molecule has 0 aliphatic carbocycles. The van der Waals surface area contributed by atoms with Gasteiger partial charge in [0.15, 0.2) is 0 Å². The van der Waals surface area contributed by atoms with Gasteiger partial charge in [-0.15, -0.1) is 0 Å². The SMILES string of the molecule is CCCCCCCCCCCCONC(=O)c1cccc(NC=O)c1Cl. The normalized spacial score (nSPS) is 10.5. The van der Waals surface area contributed by atoms with Crippen LogP contribution in [-0.2, 0) is 9.63 Å². The molecule has 1 aromatic carbocycles. The third-order valence-electron chi connectivity index (χ3n) is 4.22. The fourth-order valence-corrected chi connectivity index (χ4v) is 2.98. The third kappa shape index (κ3) is 9.20. The summed E-state index contributed by atoms with van der Waals surface area (Å²) in [5.41, 5.74) is 3.06. The highest BCUT2D eigenvalue weighted by Gasteiger charge is 2.13. The van der Waals surface area contributed by atoms with Gasteiger partial charge in [-0.2, -0.15) is 0 Å². The molecule has 0 unspecified atom stereocenters. The van der Waals surface area contributed by atoms with E-state index >= 15 is 0 Å². The minimum Gasteiger partial charge on any atom is -0.327 e. The highest BCUT2D eigenvalue weighted by atomic mass is 35.5. The maximum absolute atomic E-state index is 12.1. The van der Waals surface area contributed by atoms with E-state index < -0.39 is 5.91 Å². The summed E-state index contributed by atoms with van der Waals surface area (Å²) < 4.78 is 0. The van der Waals surface area contributed by atoms with Gasteiger partial charge in [0, 0.05) is 0 Å². The van der Waals surface area contributed by atoms with Crippen molar-refractivity contribution in [2.24, 2.45) is 0 Å². The molecule has 0 heterocycles. The van der Waals surface area contributed by atoms with Gasteiger partial charge in [0.25, 0.3) is 5.91 Å². The summed E-state index contributed by atoms with van der Waals surface area (Å²) in [5.74, 6) is -0.420. The standard InChI is InChI=1S/C20H31ClN2O3/c1-2-3-4-5-6-7-8-9-10-11-15-26-23-20(25)17-13-12-14-18(19(17)21)22-16-24/h12-14,16H,2-11,15H2,1H3,(H,22,24)(H,23,25). The Labute approximate surface area is 161 Å². The molecule has 0 saturated heterocycles. The van der Waals surface area contributed by atoms with Gasteiger partial charge >= 0.3 is 0 Å². The van der Waals surface area contributed by atoms with Crippen molar-refractivity contribution in [3.63, 3.8) is 0 Å². The molecule has 0 saturated carbocycles. The van der Waals surface area contributed by atoms with Crippen LogP contribution in [0.25, 0.3) is 0 Å².